The van der Waals surface area contributed by atoms with Crippen molar-refractivity contribution in [2.24, 2.45) is 0 Å². The summed E-state index contributed by atoms with van der Waals surface area (Å²) < 4.78 is 0.797. The van der Waals surface area contributed by atoms with Crippen molar-refractivity contribution in [2.45, 2.75) is 6.54 Å². The molecule has 1 aromatic carbocycles. The molecule has 116 valence electrons. The first kappa shape index (κ1) is 16.1. The van der Waals surface area contributed by atoms with E-state index in [4.69, 9.17) is 11.6 Å². The van der Waals surface area contributed by atoms with Gasteiger partial charge in [0.15, 0.2) is 0 Å². The summed E-state index contributed by atoms with van der Waals surface area (Å²) in [5.74, 6) is -0.252. The van der Waals surface area contributed by atoms with Gasteiger partial charge in [-0.2, -0.15) is 11.3 Å². The largest absolute Gasteiger partial charge is 0.346 e. The zero-order valence-electron chi connectivity index (χ0n) is 11.8. The molecule has 23 heavy (non-hydrogen) atoms. The zero-order chi connectivity index (χ0) is 16.2. The smallest absolute Gasteiger partial charge is 0.253 e. The minimum absolute atomic E-state index is 0.252. The molecule has 0 aliphatic heterocycles. The molecule has 1 N–H and O–H groups in total. The van der Waals surface area contributed by atoms with Crippen LogP contribution in [0, 0.1) is 0 Å². The predicted molar refractivity (Wildman–Crippen MR) is 95.7 cm³/mol. The topological polar surface area (TPSA) is 54.9 Å². The van der Waals surface area contributed by atoms with Crippen molar-refractivity contribution in [3.8, 4) is 11.3 Å². The van der Waals surface area contributed by atoms with E-state index >= 15 is 0 Å². The van der Waals surface area contributed by atoms with Crippen LogP contribution in [-0.4, -0.2) is 15.9 Å². The van der Waals surface area contributed by atoms with Crippen molar-refractivity contribution < 1.29 is 4.79 Å². The number of aromatic nitrogens is 2. The third-order valence-corrected chi connectivity index (χ3v) is 4.66. The van der Waals surface area contributed by atoms with Crippen molar-refractivity contribution in [3.05, 3.63) is 68.2 Å². The highest BCUT2D eigenvalue weighted by atomic mass is 79.9. The number of thiophene rings is 1. The van der Waals surface area contributed by atoms with Gasteiger partial charge >= 0.3 is 0 Å². The Morgan fingerprint density at radius 1 is 1.26 bits per heavy atom. The van der Waals surface area contributed by atoms with Crippen molar-refractivity contribution >= 4 is 44.8 Å². The molecule has 4 nitrogen and oxygen atoms in total. The minimum Gasteiger partial charge on any atom is -0.346 e. The lowest BCUT2D eigenvalue weighted by Crippen LogP contribution is -2.24. The van der Waals surface area contributed by atoms with Crippen LogP contribution in [0.2, 0.25) is 5.02 Å². The Kier molecular flexibility index (Phi) is 5.05. The molecule has 2 heterocycles. The Hall–Kier alpha value is -1.76. The van der Waals surface area contributed by atoms with Gasteiger partial charge in [-0.05, 0) is 29.6 Å². The molecule has 0 radical (unpaired) electrons. The van der Waals surface area contributed by atoms with Crippen molar-refractivity contribution in [2.75, 3.05) is 0 Å². The second-order valence-electron chi connectivity index (χ2n) is 4.67. The number of nitrogens with zero attached hydrogens (tertiary/aromatic N) is 2. The van der Waals surface area contributed by atoms with Gasteiger partial charge in [0.2, 0.25) is 0 Å². The second kappa shape index (κ2) is 7.21. The predicted octanol–water partition coefficient (Wildman–Crippen LogP) is 4.55. The van der Waals surface area contributed by atoms with E-state index in [1.165, 1.54) is 0 Å². The van der Waals surface area contributed by atoms with E-state index in [2.05, 4.69) is 31.2 Å². The fourth-order valence-corrected chi connectivity index (χ4v) is 3.27. The molecule has 0 saturated heterocycles. The molecule has 0 saturated carbocycles. The Morgan fingerprint density at radius 2 is 2.09 bits per heavy atom. The second-order valence-corrected chi connectivity index (χ2v) is 6.77. The number of carbonyl (C=O) groups is 1. The summed E-state index contributed by atoms with van der Waals surface area (Å²) in [6, 6.07) is 7.13. The number of carbonyl (C=O) groups excluding carboxylic acids is 1. The van der Waals surface area contributed by atoms with E-state index in [0.717, 1.165) is 15.7 Å². The van der Waals surface area contributed by atoms with Gasteiger partial charge in [0.05, 0.1) is 28.5 Å². The van der Waals surface area contributed by atoms with Crippen LogP contribution in [0.5, 0.6) is 0 Å². The van der Waals surface area contributed by atoms with Crippen molar-refractivity contribution in [3.63, 3.8) is 0 Å². The molecule has 3 rings (SSSR count). The molecule has 7 heteroatoms. The van der Waals surface area contributed by atoms with Crippen LogP contribution in [0.4, 0.5) is 0 Å². The molecule has 3 aromatic rings. The van der Waals surface area contributed by atoms with Crippen LogP contribution in [0.1, 0.15) is 16.1 Å². The Balaban J connectivity index is 1.79. The summed E-state index contributed by atoms with van der Waals surface area (Å²) in [6.45, 7) is 0.278. The average Bonchev–Trinajstić information content (AvgIpc) is 3.09. The maximum Gasteiger partial charge on any atom is 0.253 e. The number of amides is 1. The minimum atomic E-state index is -0.252. The lowest BCUT2D eigenvalue weighted by molar-refractivity contribution is 0.0950. The van der Waals surface area contributed by atoms with E-state index in [1.807, 2.05) is 16.8 Å². The molecule has 0 aliphatic rings. The maximum atomic E-state index is 12.3. The van der Waals surface area contributed by atoms with E-state index in [9.17, 15) is 4.79 Å². The van der Waals surface area contributed by atoms with Crippen LogP contribution in [0.25, 0.3) is 11.3 Å². The normalized spacial score (nSPS) is 10.5. The number of halogens is 2. The highest BCUT2D eigenvalue weighted by Gasteiger charge is 2.13. The van der Waals surface area contributed by atoms with Gasteiger partial charge in [-0.1, -0.05) is 27.5 Å². The highest BCUT2D eigenvalue weighted by molar-refractivity contribution is 9.10. The average molecular weight is 409 g/mol. The molecule has 2 aromatic heterocycles. The Bertz CT molecular complexity index is 839. The monoisotopic (exact) mass is 407 g/mol. The summed E-state index contributed by atoms with van der Waals surface area (Å²) in [5, 5.41) is 7.23. The molecular formula is C16H11BrClN3OS. The first-order valence-corrected chi connectivity index (χ1v) is 8.82. The quantitative estimate of drug-likeness (QED) is 0.689. The molecule has 0 fully saturated rings. The van der Waals surface area contributed by atoms with Gasteiger partial charge in [0, 0.05) is 27.8 Å². The summed E-state index contributed by atoms with van der Waals surface area (Å²) in [4.78, 5) is 21.0. The van der Waals surface area contributed by atoms with Crippen LogP contribution < -0.4 is 5.32 Å². The summed E-state index contributed by atoms with van der Waals surface area (Å²) in [7, 11) is 0. The molecule has 0 spiro atoms. The van der Waals surface area contributed by atoms with Crippen LogP contribution in [0.15, 0.2) is 51.9 Å². The summed E-state index contributed by atoms with van der Waals surface area (Å²) >= 11 is 11.0. The van der Waals surface area contributed by atoms with Crippen molar-refractivity contribution in [1.29, 1.82) is 0 Å². The number of hydrogen-bond donors (Lipinski definition) is 1. The third kappa shape index (κ3) is 3.77. The molecule has 1 amide bonds. The molecule has 0 unspecified atom stereocenters. The lowest BCUT2D eigenvalue weighted by atomic mass is 10.1. The van der Waals surface area contributed by atoms with E-state index in [1.54, 1.807) is 41.9 Å². The van der Waals surface area contributed by atoms with Crippen LogP contribution in [0.3, 0.4) is 0 Å². The Morgan fingerprint density at radius 3 is 2.87 bits per heavy atom. The fraction of sp³-hybridized carbons (Fsp3) is 0.0625. The number of hydrogen-bond acceptors (Lipinski definition) is 4. The third-order valence-electron chi connectivity index (χ3n) is 3.16. The summed E-state index contributed by atoms with van der Waals surface area (Å²) in [6.07, 6.45) is 3.26. The lowest BCUT2D eigenvalue weighted by Gasteiger charge is -2.09. The van der Waals surface area contributed by atoms with Gasteiger partial charge in [0.25, 0.3) is 5.91 Å². The molecule has 0 bridgehead atoms. The Labute approximate surface area is 150 Å². The fourth-order valence-electron chi connectivity index (χ4n) is 2.07. The van der Waals surface area contributed by atoms with E-state index in [-0.39, 0.29) is 12.5 Å². The van der Waals surface area contributed by atoms with E-state index < -0.39 is 0 Å². The van der Waals surface area contributed by atoms with Gasteiger partial charge in [-0.15, -0.1) is 0 Å². The molecule has 0 aliphatic carbocycles. The first-order valence-electron chi connectivity index (χ1n) is 6.71. The highest BCUT2D eigenvalue weighted by Crippen LogP contribution is 2.23. The zero-order valence-corrected chi connectivity index (χ0v) is 15.0. The van der Waals surface area contributed by atoms with E-state index in [0.29, 0.717) is 16.3 Å². The van der Waals surface area contributed by atoms with Crippen LogP contribution in [-0.2, 0) is 6.54 Å². The van der Waals surface area contributed by atoms with Crippen molar-refractivity contribution in [1.82, 2.24) is 15.3 Å². The van der Waals surface area contributed by atoms with Gasteiger partial charge in [-0.25, -0.2) is 0 Å². The first-order chi connectivity index (χ1) is 11.1. The SMILES string of the molecule is O=C(NCc1nccnc1-c1ccsc1)c1cc(Br)ccc1Cl. The number of nitrogens with one attached hydrogen (secondary N) is 1. The van der Waals surface area contributed by atoms with Gasteiger partial charge in [-0.3, -0.25) is 14.8 Å². The standard InChI is InChI=1S/C16H11BrClN3OS/c17-11-1-2-13(18)12(7-11)16(22)21-8-14-15(20-5-4-19-14)10-3-6-23-9-10/h1-7,9H,8H2,(H,21,22). The summed E-state index contributed by atoms with van der Waals surface area (Å²) in [5.41, 5.74) is 2.90. The van der Waals surface area contributed by atoms with Gasteiger partial charge in [0.1, 0.15) is 0 Å². The number of benzene rings is 1. The van der Waals surface area contributed by atoms with Gasteiger partial charge < -0.3 is 5.32 Å². The number of rotatable bonds is 4. The van der Waals surface area contributed by atoms with Crippen LogP contribution >= 0.6 is 38.9 Å². The molecule has 0 atom stereocenters. The molecular weight excluding hydrogens is 398 g/mol. The maximum absolute atomic E-state index is 12.3.